The predicted octanol–water partition coefficient (Wildman–Crippen LogP) is 4.70. The van der Waals surface area contributed by atoms with Crippen molar-refractivity contribution in [3.8, 4) is 11.1 Å². The SMILES string of the molecule is CCC(C)CC(NC(=O)OCC1c2ccccc2-c2ccccc21)C(=O)N[C@H]1CCC[C@H]1C(=O)O. The number of carbonyl (C=O) groups is 3. The summed E-state index contributed by atoms with van der Waals surface area (Å²) in [6.45, 7) is 4.22. The van der Waals surface area contributed by atoms with Gasteiger partial charge in [-0.15, -0.1) is 0 Å². The third-order valence-electron chi connectivity index (χ3n) is 7.45. The quantitative estimate of drug-likeness (QED) is 0.485. The number of fused-ring (bicyclic) bond motifs is 3. The zero-order chi connectivity index (χ0) is 24.9. The Morgan fingerprint density at radius 3 is 2.26 bits per heavy atom. The van der Waals surface area contributed by atoms with Crippen molar-refractivity contribution < 1.29 is 24.2 Å². The Morgan fingerprint density at radius 1 is 1.03 bits per heavy atom. The second kappa shape index (κ2) is 10.9. The molecule has 2 unspecified atom stereocenters. The fourth-order valence-corrected chi connectivity index (χ4v) is 5.29. The largest absolute Gasteiger partial charge is 0.481 e. The number of hydrogen-bond donors (Lipinski definition) is 3. The van der Waals surface area contributed by atoms with E-state index < -0.39 is 30.1 Å². The molecule has 186 valence electrons. The van der Waals surface area contributed by atoms with E-state index in [-0.39, 0.29) is 24.3 Å². The Labute approximate surface area is 206 Å². The summed E-state index contributed by atoms with van der Waals surface area (Å²) >= 11 is 0. The van der Waals surface area contributed by atoms with Gasteiger partial charge in [-0.3, -0.25) is 9.59 Å². The monoisotopic (exact) mass is 478 g/mol. The van der Waals surface area contributed by atoms with Gasteiger partial charge in [0, 0.05) is 12.0 Å². The van der Waals surface area contributed by atoms with Crippen LogP contribution in [0.1, 0.15) is 63.0 Å². The summed E-state index contributed by atoms with van der Waals surface area (Å²) in [5.41, 5.74) is 4.54. The summed E-state index contributed by atoms with van der Waals surface area (Å²) in [6.07, 6.45) is 2.61. The Kier molecular flexibility index (Phi) is 7.73. The second-order valence-electron chi connectivity index (χ2n) is 9.76. The maximum Gasteiger partial charge on any atom is 0.407 e. The van der Waals surface area contributed by atoms with E-state index in [1.54, 1.807) is 0 Å². The number of carboxylic acid groups (broad SMARTS) is 1. The summed E-state index contributed by atoms with van der Waals surface area (Å²) < 4.78 is 5.64. The summed E-state index contributed by atoms with van der Waals surface area (Å²) in [5, 5.41) is 15.1. The van der Waals surface area contributed by atoms with Gasteiger partial charge in [-0.05, 0) is 47.4 Å². The first-order valence-corrected chi connectivity index (χ1v) is 12.5. The van der Waals surface area contributed by atoms with E-state index in [0.29, 0.717) is 19.3 Å². The highest BCUT2D eigenvalue weighted by atomic mass is 16.5. The summed E-state index contributed by atoms with van der Waals surface area (Å²) in [6, 6.07) is 15.0. The number of hydrogen-bond acceptors (Lipinski definition) is 4. The smallest absolute Gasteiger partial charge is 0.407 e. The Hall–Kier alpha value is -3.35. The number of nitrogens with one attached hydrogen (secondary N) is 2. The highest BCUT2D eigenvalue weighted by Crippen LogP contribution is 2.44. The molecule has 0 bridgehead atoms. The third-order valence-corrected chi connectivity index (χ3v) is 7.45. The highest BCUT2D eigenvalue weighted by Gasteiger charge is 2.36. The average molecular weight is 479 g/mol. The van der Waals surface area contributed by atoms with Crippen LogP contribution in [0.5, 0.6) is 0 Å². The molecule has 0 aliphatic heterocycles. The number of benzene rings is 2. The maximum atomic E-state index is 13.1. The standard InChI is InChI=1S/C28H34N2O5/c1-3-17(2)15-25(26(31)29-24-14-8-13-22(24)27(32)33)30-28(34)35-16-23-20-11-6-4-9-18(20)19-10-5-7-12-21(19)23/h4-7,9-12,17,22-25H,3,8,13-16H2,1-2H3,(H,29,31)(H,30,34)(H,32,33)/t17?,22-,24+,25?/m1/s1. The zero-order valence-corrected chi connectivity index (χ0v) is 20.3. The van der Waals surface area contributed by atoms with Crippen molar-refractivity contribution in [1.29, 1.82) is 0 Å². The first kappa shape index (κ1) is 24.8. The molecule has 0 spiro atoms. The van der Waals surface area contributed by atoms with Gasteiger partial charge >= 0.3 is 12.1 Å². The lowest BCUT2D eigenvalue weighted by Crippen LogP contribution is -2.51. The first-order chi connectivity index (χ1) is 16.9. The van der Waals surface area contributed by atoms with Crippen LogP contribution >= 0.6 is 0 Å². The molecule has 4 rings (SSSR count). The van der Waals surface area contributed by atoms with E-state index >= 15 is 0 Å². The van der Waals surface area contributed by atoms with E-state index in [2.05, 4.69) is 34.9 Å². The molecule has 1 fully saturated rings. The highest BCUT2D eigenvalue weighted by molar-refractivity contribution is 5.86. The van der Waals surface area contributed by atoms with Crippen LogP contribution in [0.2, 0.25) is 0 Å². The Balaban J connectivity index is 1.41. The molecule has 0 aromatic heterocycles. The maximum absolute atomic E-state index is 13.1. The predicted molar refractivity (Wildman–Crippen MR) is 133 cm³/mol. The van der Waals surface area contributed by atoms with E-state index in [9.17, 15) is 19.5 Å². The van der Waals surface area contributed by atoms with Crippen molar-refractivity contribution in [2.75, 3.05) is 6.61 Å². The Bertz CT molecular complexity index is 1040. The van der Waals surface area contributed by atoms with E-state index in [0.717, 1.165) is 35.1 Å². The number of amides is 2. The summed E-state index contributed by atoms with van der Waals surface area (Å²) in [7, 11) is 0. The molecule has 4 atom stereocenters. The van der Waals surface area contributed by atoms with Crippen LogP contribution in [0.15, 0.2) is 48.5 Å². The molecule has 1 saturated carbocycles. The molecule has 0 radical (unpaired) electrons. The van der Waals surface area contributed by atoms with Gasteiger partial charge in [-0.1, -0.05) is 75.2 Å². The molecular weight excluding hydrogens is 444 g/mol. The van der Waals surface area contributed by atoms with Gasteiger partial charge in [0.25, 0.3) is 0 Å². The minimum Gasteiger partial charge on any atom is -0.481 e. The van der Waals surface area contributed by atoms with Crippen molar-refractivity contribution >= 4 is 18.0 Å². The van der Waals surface area contributed by atoms with Crippen LogP contribution in [-0.4, -0.2) is 41.8 Å². The lowest BCUT2D eigenvalue weighted by atomic mass is 9.97. The number of aliphatic carboxylic acids is 1. The van der Waals surface area contributed by atoms with Gasteiger partial charge in [-0.25, -0.2) is 4.79 Å². The van der Waals surface area contributed by atoms with Crippen LogP contribution in [0.4, 0.5) is 4.79 Å². The van der Waals surface area contributed by atoms with Crippen LogP contribution in [0.3, 0.4) is 0 Å². The van der Waals surface area contributed by atoms with Crippen LogP contribution in [-0.2, 0) is 14.3 Å². The summed E-state index contributed by atoms with van der Waals surface area (Å²) in [4.78, 5) is 37.4. The van der Waals surface area contributed by atoms with Crippen LogP contribution in [0.25, 0.3) is 11.1 Å². The van der Waals surface area contributed by atoms with E-state index in [4.69, 9.17) is 4.74 Å². The first-order valence-electron chi connectivity index (χ1n) is 12.5. The van der Waals surface area contributed by atoms with Gasteiger partial charge in [-0.2, -0.15) is 0 Å². The number of alkyl carbamates (subject to hydrolysis) is 1. The molecule has 2 aromatic carbocycles. The minimum absolute atomic E-state index is 0.0650. The normalized spacial score (nSPS) is 20.4. The Morgan fingerprint density at radius 2 is 1.66 bits per heavy atom. The molecule has 3 N–H and O–H groups in total. The molecule has 2 amide bonds. The lowest BCUT2D eigenvalue weighted by Gasteiger charge is -2.25. The van der Waals surface area contributed by atoms with Gasteiger partial charge in [0.05, 0.1) is 5.92 Å². The number of ether oxygens (including phenoxy) is 1. The topological polar surface area (TPSA) is 105 Å². The fraction of sp³-hybridized carbons (Fsp3) is 0.464. The molecule has 35 heavy (non-hydrogen) atoms. The van der Waals surface area contributed by atoms with E-state index in [1.807, 2.05) is 38.1 Å². The van der Waals surface area contributed by atoms with Gasteiger partial charge < -0.3 is 20.5 Å². The summed E-state index contributed by atoms with van der Waals surface area (Å²) in [5.74, 6) is -1.69. The molecular formula is C28H34N2O5. The average Bonchev–Trinajstić information content (AvgIpc) is 3.45. The van der Waals surface area contributed by atoms with Gasteiger partial charge in [0.1, 0.15) is 12.6 Å². The van der Waals surface area contributed by atoms with Gasteiger partial charge in [0.15, 0.2) is 0 Å². The molecule has 0 saturated heterocycles. The van der Waals surface area contributed by atoms with Crippen molar-refractivity contribution in [1.82, 2.24) is 10.6 Å². The fourth-order valence-electron chi connectivity index (χ4n) is 5.29. The molecule has 7 nitrogen and oxygen atoms in total. The number of carbonyl (C=O) groups excluding carboxylic acids is 2. The molecule has 2 aromatic rings. The third kappa shape index (κ3) is 5.50. The zero-order valence-electron chi connectivity index (χ0n) is 20.3. The van der Waals surface area contributed by atoms with Crippen molar-refractivity contribution in [2.24, 2.45) is 11.8 Å². The molecule has 7 heteroatoms. The molecule has 2 aliphatic rings. The van der Waals surface area contributed by atoms with Gasteiger partial charge in [0.2, 0.25) is 5.91 Å². The minimum atomic E-state index is -0.893. The van der Waals surface area contributed by atoms with Crippen LogP contribution < -0.4 is 10.6 Å². The lowest BCUT2D eigenvalue weighted by molar-refractivity contribution is -0.142. The van der Waals surface area contributed by atoms with Crippen LogP contribution in [0, 0.1) is 11.8 Å². The number of carboxylic acids is 1. The second-order valence-corrected chi connectivity index (χ2v) is 9.76. The van der Waals surface area contributed by atoms with Crippen molar-refractivity contribution in [3.05, 3.63) is 59.7 Å². The van der Waals surface area contributed by atoms with E-state index in [1.165, 1.54) is 0 Å². The number of rotatable bonds is 9. The van der Waals surface area contributed by atoms with Crippen molar-refractivity contribution in [2.45, 2.75) is 64.0 Å². The van der Waals surface area contributed by atoms with Crippen molar-refractivity contribution in [3.63, 3.8) is 0 Å². The molecule has 0 heterocycles. The molecule has 2 aliphatic carbocycles.